The van der Waals surface area contributed by atoms with Gasteiger partial charge in [-0.3, -0.25) is 14.6 Å². The highest BCUT2D eigenvalue weighted by Gasteiger charge is 2.20. The number of hydrogen-bond donors (Lipinski definition) is 7. The Morgan fingerprint density at radius 1 is 0.870 bits per heavy atom. The Bertz CT molecular complexity index is 2160. The molecule has 1 aliphatic rings. The van der Waals surface area contributed by atoms with Crippen molar-refractivity contribution in [1.29, 1.82) is 0 Å². The molecule has 0 radical (unpaired) electrons. The third-order valence-electron chi connectivity index (χ3n) is 8.23. The molecule has 0 bridgehead atoms. The molecule has 0 unspecified atom stereocenters. The summed E-state index contributed by atoms with van der Waals surface area (Å²) in [7, 11) is 7.36. The number of carboxylic acid groups (broad SMARTS) is 1. The highest BCUT2D eigenvalue weighted by molar-refractivity contribution is 8.26. The van der Waals surface area contributed by atoms with E-state index in [2.05, 4.69) is 79.4 Å². The number of aliphatic carboxylic acids is 1. The monoisotopic (exact) mass is 798 g/mol. The predicted molar refractivity (Wildman–Crippen MR) is 221 cm³/mol. The number of nitrogens with one attached hydrogen (secondary N) is 3. The van der Waals surface area contributed by atoms with Gasteiger partial charge in [0.15, 0.2) is 0 Å². The molecular formula is C39H48Cl2N6O6S. The molecule has 7 rings (SSSR count). The average Bonchev–Trinajstić information content (AvgIpc) is 3.85. The van der Waals surface area contributed by atoms with Gasteiger partial charge in [0.1, 0.15) is 12.1 Å². The number of aliphatic imine (C=N–C) groups is 1. The molecular weight excluding hydrogens is 751 g/mol. The van der Waals surface area contributed by atoms with Crippen LogP contribution in [0.25, 0.3) is 32.7 Å². The molecule has 3 atom stereocenters. The number of fused-ring (bicyclic) bond motifs is 5. The molecule has 0 saturated heterocycles. The zero-order valence-electron chi connectivity index (χ0n) is 30.6. The number of aliphatic hydroxyl groups is 1. The first-order valence-corrected chi connectivity index (χ1v) is 20.1. The second kappa shape index (κ2) is 22.0. The summed E-state index contributed by atoms with van der Waals surface area (Å²) in [5, 5.41) is 19.8. The van der Waals surface area contributed by atoms with E-state index in [0.717, 1.165) is 45.1 Å². The number of halogens is 2. The van der Waals surface area contributed by atoms with Crippen molar-refractivity contribution in [2.75, 3.05) is 13.2 Å². The number of esters is 1. The molecule has 0 spiro atoms. The Balaban J connectivity index is 0.000000200. The summed E-state index contributed by atoms with van der Waals surface area (Å²) in [6, 6.07) is 23.2. The topological polar surface area (TPSA) is 213 Å². The summed E-state index contributed by atoms with van der Waals surface area (Å²) in [6.45, 7) is 8.33. The molecule has 290 valence electrons. The van der Waals surface area contributed by atoms with Crippen LogP contribution in [0.5, 0.6) is 0 Å². The van der Waals surface area contributed by atoms with Crippen molar-refractivity contribution >= 4 is 81.0 Å². The van der Waals surface area contributed by atoms with Gasteiger partial charge < -0.3 is 41.4 Å². The molecule has 3 aromatic carbocycles. The third-order valence-corrected chi connectivity index (χ3v) is 8.23. The molecule has 12 nitrogen and oxygen atoms in total. The highest BCUT2D eigenvalue weighted by Crippen LogP contribution is 2.28. The number of ether oxygens (including phenoxy) is 1. The number of hydrogen-bond acceptors (Lipinski definition) is 8. The molecule has 0 fully saturated rings. The van der Waals surface area contributed by atoms with Gasteiger partial charge in [0, 0.05) is 85.9 Å². The summed E-state index contributed by atoms with van der Waals surface area (Å²) in [5.74, 6) is -1.32. The third kappa shape index (κ3) is 12.8. The van der Waals surface area contributed by atoms with Gasteiger partial charge >= 0.3 is 11.9 Å². The van der Waals surface area contributed by atoms with Crippen molar-refractivity contribution in [3.63, 3.8) is 0 Å². The van der Waals surface area contributed by atoms with Crippen molar-refractivity contribution in [2.45, 2.75) is 65.1 Å². The molecule has 54 heavy (non-hydrogen) atoms. The minimum absolute atomic E-state index is 0.250. The number of aromatic amines is 3. The Morgan fingerprint density at radius 2 is 1.31 bits per heavy atom. The number of benzene rings is 3. The standard InChI is InChI=1S/C13H16N2O2.C13H14N2.C11H12N2O2.C2H6O.Cl2OS/c1-2-17-13(16)11(14)7-9-8-15-12-6-4-3-5-10(9)12;1-8-7-11-10-5-3-4-6-12(10)15-13(11)9(2)14-8;12-9(11(14)15)5-7-6-13-10-4-2-1-3-8(7)10;1-2-3;1-4(2)3/h3-6,8,11,15H,2,7,14H2,1H3;3-6,8,15H,7H2,1-2H3;1-4,6,9,13H,5,12H2,(H,14,15);3H,2H2,1H3;/t11-;8-;9-;;/m010../s1. The van der Waals surface area contributed by atoms with Crippen LogP contribution in [0.1, 0.15) is 50.1 Å². The maximum atomic E-state index is 11.4. The number of aromatic nitrogens is 3. The molecule has 1 aliphatic heterocycles. The highest BCUT2D eigenvalue weighted by atomic mass is 36.0. The maximum Gasteiger partial charge on any atom is 0.323 e. The Hall–Kier alpha value is -4.50. The molecule has 0 amide bonds. The van der Waals surface area contributed by atoms with E-state index >= 15 is 0 Å². The molecule has 6 aromatic rings. The van der Waals surface area contributed by atoms with E-state index in [4.69, 9.17) is 30.6 Å². The van der Waals surface area contributed by atoms with Crippen LogP contribution in [0, 0.1) is 0 Å². The lowest BCUT2D eigenvalue weighted by molar-refractivity contribution is -0.144. The molecule has 15 heteroatoms. The lowest BCUT2D eigenvalue weighted by Gasteiger charge is -2.15. The number of carboxylic acids is 1. The fraction of sp³-hybridized carbons (Fsp3) is 0.308. The second-order valence-electron chi connectivity index (χ2n) is 12.2. The van der Waals surface area contributed by atoms with Gasteiger partial charge in [0.05, 0.1) is 24.1 Å². The van der Waals surface area contributed by atoms with E-state index in [9.17, 15) is 9.59 Å². The summed E-state index contributed by atoms with van der Waals surface area (Å²) in [6.07, 6.45) is 5.59. The van der Waals surface area contributed by atoms with Gasteiger partial charge in [-0.2, -0.15) is 0 Å². The number of aliphatic hydroxyl groups excluding tert-OH is 1. The Morgan fingerprint density at radius 3 is 1.80 bits per heavy atom. The van der Waals surface area contributed by atoms with Crippen LogP contribution < -0.4 is 11.5 Å². The molecule has 9 N–H and O–H groups in total. The average molecular weight is 800 g/mol. The van der Waals surface area contributed by atoms with E-state index in [1.165, 1.54) is 22.2 Å². The van der Waals surface area contributed by atoms with Crippen LogP contribution in [0.3, 0.4) is 0 Å². The van der Waals surface area contributed by atoms with Gasteiger partial charge in [-0.1, -0.05) is 54.6 Å². The van der Waals surface area contributed by atoms with Crippen molar-refractivity contribution in [2.24, 2.45) is 16.5 Å². The summed E-state index contributed by atoms with van der Waals surface area (Å²) in [5.41, 5.74) is 20.4. The second-order valence-corrected chi connectivity index (χ2v) is 14.7. The van der Waals surface area contributed by atoms with E-state index in [1.807, 2.05) is 60.9 Å². The zero-order valence-corrected chi connectivity index (χ0v) is 33.0. The van der Waals surface area contributed by atoms with Crippen LogP contribution >= 0.6 is 21.4 Å². The van der Waals surface area contributed by atoms with Crippen LogP contribution in [0.4, 0.5) is 0 Å². The quantitative estimate of drug-likeness (QED) is 0.0682. The minimum atomic E-state index is -1.67. The van der Waals surface area contributed by atoms with Crippen LogP contribution in [-0.4, -0.2) is 78.4 Å². The molecule has 4 heterocycles. The van der Waals surface area contributed by atoms with E-state index in [0.29, 0.717) is 25.5 Å². The van der Waals surface area contributed by atoms with Gasteiger partial charge in [0.25, 0.3) is 0 Å². The van der Waals surface area contributed by atoms with Crippen LogP contribution in [-0.2, 0) is 42.8 Å². The number of carbonyl (C=O) groups is 2. The SMILES string of the molecule is CC1=N[C@H](C)Cc2c1[nH]c1ccccc21.CCO.CCOC(=O)[C@@H](N)Cc1c[nH]c2ccccc12.N[C@@H](Cc1c[nH]c2ccccc12)C(=O)O.O=S(Cl)Cl. The number of H-pyrrole nitrogens is 3. The van der Waals surface area contributed by atoms with Gasteiger partial charge in [0.2, 0.25) is 9.23 Å². The lowest BCUT2D eigenvalue weighted by atomic mass is 9.99. The van der Waals surface area contributed by atoms with Gasteiger partial charge in [-0.15, -0.1) is 0 Å². The van der Waals surface area contributed by atoms with Crippen LogP contribution in [0.15, 0.2) is 90.2 Å². The fourth-order valence-corrected chi connectivity index (χ4v) is 5.95. The van der Waals surface area contributed by atoms with Gasteiger partial charge in [-0.05, 0) is 69.0 Å². The van der Waals surface area contributed by atoms with Gasteiger partial charge in [-0.25, -0.2) is 4.21 Å². The normalized spacial score (nSPS) is 14.1. The summed E-state index contributed by atoms with van der Waals surface area (Å²) >= 11 is 0. The van der Waals surface area contributed by atoms with Crippen molar-refractivity contribution in [3.05, 3.63) is 108 Å². The summed E-state index contributed by atoms with van der Waals surface area (Å²) < 4.78 is 14.0. The Kier molecular flexibility index (Phi) is 17.9. The molecule has 0 saturated carbocycles. The number of carbonyl (C=O) groups excluding carboxylic acids is 1. The number of para-hydroxylation sites is 3. The first kappa shape index (κ1) is 43.9. The number of nitrogens with zero attached hydrogens (tertiary/aromatic N) is 1. The Labute approximate surface area is 325 Å². The van der Waals surface area contributed by atoms with Crippen LogP contribution in [0.2, 0.25) is 0 Å². The first-order valence-electron chi connectivity index (χ1n) is 17.3. The smallest absolute Gasteiger partial charge is 0.323 e. The molecule has 3 aromatic heterocycles. The van der Waals surface area contributed by atoms with E-state index in [1.54, 1.807) is 13.8 Å². The first-order chi connectivity index (χ1) is 25.8. The number of rotatable bonds is 7. The summed E-state index contributed by atoms with van der Waals surface area (Å²) in [4.78, 5) is 36.4. The van der Waals surface area contributed by atoms with Crippen molar-refractivity contribution < 1.29 is 28.7 Å². The van der Waals surface area contributed by atoms with Crippen molar-refractivity contribution in [1.82, 2.24) is 15.0 Å². The lowest BCUT2D eigenvalue weighted by Crippen LogP contribution is -2.34. The van der Waals surface area contributed by atoms with E-state index < -0.39 is 27.3 Å². The minimum Gasteiger partial charge on any atom is -0.480 e. The predicted octanol–water partition coefficient (Wildman–Crippen LogP) is 6.69. The zero-order chi connectivity index (χ0) is 39.8. The fourth-order valence-electron chi connectivity index (χ4n) is 5.95. The number of nitrogens with two attached hydrogens (primary N) is 2. The van der Waals surface area contributed by atoms with Crippen molar-refractivity contribution in [3.8, 4) is 0 Å². The molecule has 0 aliphatic carbocycles. The van der Waals surface area contributed by atoms with E-state index in [-0.39, 0.29) is 12.6 Å². The maximum absolute atomic E-state index is 11.4. The largest absolute Gasteiger partial charge is 0.480 e.